The zero-order valence-corrected chi connectivity index (χ0v) is 13.4. The standard InChI is InChI=1S/C20H14O2S/c1-13-5-4-7-15(11-13)23-19-12-17-16-8-3-2-6-14(16)9-10-18(17)22-20(19)21/h2-12H,1H3. The lowest BCUT2D eigenvalue weighted by Crippen LogP contribution is -2.01. The first kappa shape index (κ1) is 14.1. The normalized spacial score (nSPS) is 11.2. The second kappa shape index (κ2) is 5.60. The Morgan fingerprint density at radius 2 is 1.74 bits per heavy atom. The smallest absolute Gasteiger partial charge is 0.350 e. The van der Waals surface area contributed by atoms with Gasteiger partial charge in [0.1, 0.15) is 5.58 Å². The molecule has 0 aliphatic heterocycles. The summed E-state index contributed by atoms with van der Waals surface area (Å²) in [5.74, 6) is 0. The molecule has 0 saturated carbocycles. The maximum absolute atomic E-state index is 12.3. The van der Waals surface area contributed by atoms with Crippen molar-refractivity contribution in [3.05, 3.63) is 82.7 Å². The summed E-state index contributed by atoms with van der Waals surface area (Å²) in [6.07, 6.45) is 0. The van der Waals surface area contributed by atoms with Crippen molar-refractivity contribution in [1.29, 1.82) is 0 Å². The molecule has 0 N–H and O–H groups in total. The van der Waals surface area contributed by atoms with E-state index >= 15 is 0 Å². The third-order valence-corrected chi connectivity index (χ3v) is 4.82. The van der Waals surface area contributed by atoms with Gasteiger partial charge in [0.05, 0.1) is 4.90 Å². The van der Waals surface area contributed by atoms with Gasteiger partial charge in [-0.2, -0.15) is 0 Å². The van der Waals surface area contributed by atoms with Gasteiger partial charge in [-0.15, -0.1) is 0 Å². The second-order valence-electron chi connectivity index (χ2n) is 5.52. The van der Waals surface area contributed by atoms with Gasteiger partial charge in [0.25, 0.3) is 0 Å². The second-order valence-corrected chi connectivity index (χ2v) is 6.63. The Balaban J connectivity index is 1.91. The molecule has 0 radical (unpaired) electrons. The van der Waals surface area contributed by atoms with Gasteiger partial charge in [0.15, 0.2) is 0 Å². The molecule has 0 spiro atoms. The highest BCUT2D eigenvalue weighted by Gasteiger charge is 2.09. The van der Waals surface area contributed by atoms with Crippen molar-refractivity contribution in [2.24, 2.45) is 0 Å². The van der Waals surface area contributed by atoms with Crippen LogP contribution >= 0.6 is 11.8 Å². The SMILES string of the molecule is Cc1cccc(Sc2cc3c(ccc4ccccc43)oc2=O)c1. The van der Waals surface area contributed by atoms with Crippen LogP contribution in [0.25, 0.3) is 21.7 Å². The number of fused-ring (bicyclic) bond motifs is 3. The number of benzene rings is 3. The first-order valence-corrected chi connectivity index (χ1v) is 8.22. The molecule has 0 unspecified atom stereocenters. The fraction of sp³-hybridized carbons (Fsp3) is 0.0500. The van der Waals surface area contributed by atoms with Gasteiger partial charge < -0.3 is 4.42 Å². The maximum atomic E-state index is 12.3. The third-order valence-electron chi connectivity index (χ3n) is 3.83. The Labute approximate surface area is 137 Å². The summed E-state index contributed by atoms with van der Waals surface area (Å²) in [6.45, 7) is 2.04. The minimum absolute atomic E-state index is 0.292. The van der Waals surface area contributed by atoms with Crippen molar-refractivity contribution in [3.8, 4) is 0 Å². The molecule has 0 saturated heterocycles. The summed E-state index contributed by atoms with van der Waals surface area (Å²) in [5.41, 5.74) is 1.51. The van der Waals surface area contributed by atoms with Crippen molar-refractivity contribution in [3.63, 3.8) is 0 Å². The van der Waals surface area contributed by atoms with Gasteiger partial charge in [-0.25, -0.2) is 4.79 Å². The van der Waals surface area contributed by atoms with E-state index in [4.69, 9.17) is 4.42 Å². The van der Waals surface area contributed by atoms with Crippen LogP contribution in [0.1, 0.15) is 5.56 Å². The summed E-state index contributed by atoms with van der Waals surface area (Å²) in [4.78, 5) is 13.9. The molecule has 0 amide bonds. The van der Waals surface area contributed by atoms with Crippen molar-refractivity contribution < 1.29 is 4.42 Å². The average Bonchev–Trinajstić information content (AvgIpc) is 2.56. The van der Waals surface area contributed by atoms with E-state index in [1.54, 1.807) is 0 Å². The van der Waals surface area contributed by atoms with E-state index in [1.807, 2.05) is 55.5 Å². The van der Waals surface area contributed by atoms with Crippen LogP contribution in [0.5, 0.6) is 0 Å². The molecule has 112 valence electrons. The first-order valence-electron chi connectivity index (χ1n) is 7.41. The van der Waals surface area contributed by atoms with Gasteiger partial charge >= 0.3 is 5.63 Å². The van der Waals surface area contributed by atoms with Crippen LogP contribution in [0.15, 0.2) is 85.7 Å². The lowest BCUT2D eigenvalue weighted by Gasteiger charge is -2.06. The van der Waals surface area contributed by atoms with Crippen molar-refractivity contribution in [2.45, 2.75) is 16.7 Å². The van der Waals surface area contributed by atoms with Crippen LogP contribution in [-0.2, 0) is 0 Å². The van der Waals surface area contributed by atoms with Crippen LogP contribution in [0.3, 0.4) is 0 Å². The first-order chi connectivity index (χ1) is 11.2. The average molecular weight is 318 g/mol. The quantitative estimate of drug-likeness (QED) is 0.366. The summed E-state index contributed by atoms with van der Waals surface area (Å²) >= 11 is 1.45. The zero-order chi connectivity index (χ0) is 15.8. The minimum Gasteiger partial charge on any atom is -0.422 e. The van der Waals surface area contributed by atoms with Gasteiger partial charge in [0.2, 0.25) is 0 Å². The zero-order valence-electron chi connectivity index (χ0n) is 12.6. The molecule has 3 heteroatoms. The monoisotopic (exact) mass is 318 g/mol. The highest BCUT2D eigenvalue weighted by atomic mass is 32.2. The molecule has 3 aromatic carbocycles. The van der Waals surface area contributed by atoms with Crippen LogP contribution in [0.2, 0.25) is 0 Å². The number of rotatable bonds is 2. The largest absolute Gasteiger partial charge is 0.422 e. The van der Waals surface area contributed by atoms with Crippen molar-refractivity contribution in [2.75, 3.05) is 0 Å². The minimum atomic E-state index is -0.292. The van der Waals surface area contributed by atoms with E-state index in [-0.39, 0.29) is 5.63 Å². The molecule has 0 atom stereocenters. The molecule has 4 aromatic rings. The molecule has 0 bridgehead atoms. The summed E-state index contributed by atoms with van der Waals surface area (Å²) in [5, 5.41) is 3.21. The van der Waals surface area contributed by atoms with E-state index in [0.717, 1.165) is 21.1 Å². The van der Waals surface area contributed by atoms with Crippen LogP contribution in [-0.4, -0.2) is 0 Å². The molecular weight excluding hydrogens is 304 g/mol. The van der Waals surface area contributed by atoms with E-state index in [0.29, 0.717) is 10.5 Å². The van der Waals surface area contributed by atoms with Gasteiger partial charge in [-0.05, 0) is 42.0 Å². The van der Waals surface area contributed by atoms with Gasteiger partial charge in [-0.3, -0.25) is 0 Å². The Kier molecular flexibility index (Phi) is 3.43. The highest BCUT2D eigenvalue weighted by molar-refractivity contribution is 7.99. The Morgan fingerprint density at radius 1 is 0.870 bits per heavy atom. The molecule has 4 rings (SSSR count). The highest BCUT2D eigenvalue weighted by Crippen LogP contribution is 2.31. The molecule has 2 nitrogen and oxygen atoms in total. The number of hydrogen-bond acceptors (Lipinski definition) is 3. The van der Waals surface area contributed by atoms with E-state index < -0.39 is 0 Å². The van der Waals surface area contributed by atoms with Gasteiger partial charge in [-0.1, -0.05) is 59.8 Å². The van der Waals surface area contributed by atoms with Crippen LogP contribution in [0.4, 0.5) is 0 Å². The van der Waals surface area contributed by atoms with Crippen LogP contribution in [0, 0.1) is 6.92 Å². The van der Waals surface area contributed by atoms with Crippen molar-refractivity contribution >= 4 is 33.5 Å². The Bertz CT molecular complexity index is 1080. The molecule has 0 aliphatic rings. The van der Waals surface area contributed by atoms with Crippen LogP contribution < -0.4 is 5.63 Å². The lowest BCUT2D eigenvalue weighted by molar-refractivity contribution is 0.544. The topological polar surface area (TPSA) is 30.2 Å². The van der Waals surface area contributed by atoms with E-state index in [2.05, 4.69) is 18.2 Å². The maximum Gasteiger partial charge on any atom is 0.350 e. The lowest BCUT2D eigenvalue weighted by atomic mass is 10.1. The molecular formula is C20H14O2S. The fourth-order valence-electron chi connectivity index (χ4n) is 2.73. The molecule has 1 heterocycles. The Hall–Kier alpha value is -2.52. The number of hydrogen-bond donors (Lipinski definition) is 0. The fourth-order valence-corrected chi connectivity index (χ4v) is 3.68. The Morgan fingerprint density at radius 3 is 2.61 bits per heavy atom. The number of aryl methyl sites for hydroxylation is 1. The summed E-state index contributed by atoms with van der Waals surface area (Å²) < 4.78 is 5.53. The predicted molar refractivity (Wildman–Crippen MR) is 95.3 cm³/mol. The third kappa shape index (κ3) is 2.64. The molecule has 1 aromatic heterocycles. The summed E-state index contributed by atoms with van der Waals surface area (Å²) in [7, 11) is 0. The molecule has 23 heavy (non-hydrogen) atoms. The van der Waals surface area contributed by atoms with E-state index in [1.165, 1.54) is 17.3 Å². The predicted octanol–water partition coefficient (Wildman–Crippen LogP) is 5.41. The van der Waals surface area contributed by atoms with Gasteiger partial charge in [0, 0.05) is 10.3 Å². The molecule has 0 aliphatic carbocycles. The summed E-state index contributed by atoms with van der Waals surface area (Å²) in [6, 6.07) is 22.0. The van der Waals surface area contributed by atoms with Crippen molar-refractivity contribution in [1.82, 2.24) is 0 Å². The van der Waals surface area contributed by atoms with E-state index in [9.17, 15) is 4.79 Å². The molecule has 0 fully saturated rings.